The molecule has 0 aliphatic carbocycles. The van der Waals surface area contributed by atoms with Crippen LogP contribution in [0.25, 0.3) is 0 Å². The van der Waals surface area contributed by atoms with Crippen molar-refractivity contribution in [1.82, 2.24) is 0 Å². The molecule has 0 fully saturated rings. The first-order valence-electron chi connectivity index (χ1n) is 4.55. The van der Waals surface area contributed by atoms with Crippen LogP contribution in [0.4, 0.5) is 0 Å². The van der Waals surface area contributed by atoms with Gasteiger partial charge in [-0.25, -0.2) is 0 Å². The van der Waals surface area contributed by atoms with Crippen molar-refractivity contribution >= 4 is 0 Å². The number of hydrogen-bond acceptors (Lipinski definition) is 2. The molecule has 0 aromatic heterocycles. The van der Waals surface area contributed by atoms with E-state index in [-0.39, 0.29) is 0 Å². The normalized spacial score (nSPS) is 10.1. The van der Waals surface area contributed by atoms with Crippen molar-refractivity contribution in [2.24, 2.45) is 0 Å². The third-order valence-corrected chi connectivity index (χ3v) is 2.12. The Kier molecular flexibility index (Phi) is 3.18. The Hall–Kier alpha value is -1.18. The third kappa shape index (κ3) is 2.14. The average molecular weight is 180 g/mol. The van der Waals surface area contributed by atoms with Crippen molar-refractivity contribution in [2.45, 2.75) is 26.7 Å². The van der Waals surface area contributed by atoms with E-state index in [1.54, 1.807) is 13.2 Å². The van der Waals surface area contributed by atoms with Gasteiger partial charge in [-0.05, 0) is 30.5 Å². The van der Waals surface area contributed by atoms with Crippen LogP contribution in [-0.4, -0.2) is 12.2 Å². The lowest BCUT2D eigenvalue weighted by atomic mass is 10.1. The zero-order valence-corrected chi connectivity index (χ0v) is 8.42. The van der Waals surface area contributed by atoms with Crippen LogP contribution in [0.5, 0.6) is 11.5 Å². The number of phenolic OH excluding ortho intramolecular Hbond substituents is 1. The molecule has 0 spiro atoms. The Morgan fingerprint density at radius 1 is 1.38 bits per heavy atom. The molecule has 1 N–H and O–H groups in total. The molecular weight excluding hydrogens is 164 g/mol. The first kappa shape index (κ1) is 9.90. The van der Waals surface area contributed by atoms with Crippen LogP contribution in [0, 0.1) is 6.92 Å². The van der Waals surface area contributed by atoms with Gasteiger partial charge >= 0.3 is 0 Å². The highest BCUT2D eigenvalue weighted by Crippen LogP contribution is 2.28. The van der Waals surface area contributed by atoms with Crippen LogP contribution in [0.3, 0.4) is 0 Å². The van der Waals surface area contributed by atoms with Crippen molar-refractivity contribution < 1.29 is 9.84 Å². The molecule has 0 unspecified atom stereocenters. The summed E-state index contributed by atoms with van der Waals surface area (Å²) < 4.78 is 5.17. The molecule has 0 bridgehead atoms. The van der Waals surface area contributed by atoms with Crippen molar-refractivity contribution in [3.8, 4) is 11.5 Å². The summed E-state index contributed by atoms with van der Waals surface area (Å²) in [5.74, 6) is 1.08. The summed E-state index contributed by atoms with van der Waals surface area (Å²) in [5.41, 5.74) is 2.07. The maximum absolute atomic E-state index is 9.44. The van der Waals surface area contributed by atoms with Gasteiger partial charge in [0.1, 0.15) is 11.5 Å². The molecule has 2 nitrogen and oxygen atoms in total. The lowest BCUT2D eigenvalue weighted by Crippen LogP contribution is -1.92. The molecule has 1 rings (SSSR count). The van der Waals surface area contributed by atoms with E-state index in [1.807, 2.05) is 13.0 Å². The molecule has 0 radical (unpaired) electrons. The lowest BCUT2D eigenvalue weighted by molar-refractivity contribution is 0.401. The Morgan fingerprint density at radius 2 is 2.08 bits per heavy atom. The maximum atomic E-state index is 9.44. The fraction of sp³-hybridized carbons (Fsp3) is 0.455. The number of rotatable bonds is 3. The molecule has 72 valence electrons. The predicted octanol–water partition coefficient (Wildman–Crippen LogP) is 2.66. The highest BCUT2D eigenvalue weighted by Gasteiger charge is 2.05. The van der Waals surface area contributed by atoms with Gasteiger partial charge in [0.15, 0.2) is 0 Å². The molecule has 1 aromatic rings. The van der Waals surface area contributed by atoms with Gasteiger partial charge < -0.3 is 9.84 Å². The van der Waals surface area contributed by atoms with Crippen LogP contribution in [0.2, 0.25) is 0 Å². The second-order valence-electron chi connectivity index (χ2n) is 3.20. The first-order chi connectivity index (χ1) is 6.19. The zero-order chi connectivity index (χ0) is 9.84. The molecule has 0 aliphatic rings. The van der Waals surface area contributed by atoms with Gasteiger partial charge in [-0.2, -0.15) is 0 Å². The fourth-order valence-corrected chi connectivity index (χ4v) is 1.39. The third-order valence-electron chi connectivity index (χ3n) is 2.12. The van der Waals surface area contributed by atoms with Gasteiger partial charge in [0, 0.05) is 6.07 Å². The van der Waals surface area contributed by atoms with E-state index in [9.17, 15) is 5.11 Å². The molecular formula is C11H16O2. The van der Waals surface area contributed by atoms with E-state index < -0.39 is 0 Å². The molecule has 0 saturated heterocycles. The maximum Gasteiger partial charge on any atom is 0.125 e. The van der Waals surface area contributed by atoms with Crippen molar-refractivity contribution in [3.63, 3.8) is 0 Å². The van der Waals surface area contributed by atoms with Crippen LogP contribution < -0.4 is 4.74 Å². The van der Waals surface area contributed by atoms with Crippen LogP contribution in [0.1, 0.15) is 24.5 Å². The van der Waals surface area contributed by atoms with E-state index in [2.05, 4.69) is 6.92 Å². The minimum Gasteiger partial charge on any atom is -0.508 e. The van der Waals surface area contributed by atoms with E-state index in [4.69, 9.17) is 4.74 Å². The highest BCUT2D eigenvalue weighted by molar-refractivity contribution is 5.45. The molecule has 0 aliphatic heterocycles. The quantitative estimate of drug-likeness (QED) is 0.774. The monoisotopic (exact) mass is 180 g/mol. The van der Waals surface area contributed by atoms with E-state index in [0.717, 1.165) is 24.2 Å². The Morgan fingerprint density at radius 3 is 2.62 bits per heavy atom. The van der Waals surface area contributed by atoms with Crippen molar-refractivity contribution in [1.29, 1.82) is 0 Å². The zero-order valence-electron chi connectivity index (χ0n) is 8.42. The summed E-state index contributed by atoms with van der Waals surface area (Å²) in [7, 11) is 1.63. The Bertz CT molecular complexity index is 292. The topological polar surface area (TPSA) is 29.5 Å². The molecule has 0 saturated carbocycles. The second-order valence-corrected chi connectivity index (χ2v) is 3.20. The number of ether oxygens (including phenoxy) is 1. The number of hydrogen-bond donors (Lipinski definition) is 1. The van der Waals surface area contributed by atoms with Gasteiger partial charge in [0.2, 0.25) is 0 Å². The van der Waals surface area contributed by atoms with Crippen molar-refractivity contribution in [2.75, 3.05) is 7.11 Å². The minimum absolute atomic E-state index is 0.303. The Balaban J connectivity index is 3.09. The summed E-state index contributed by atoms with van der Waals surface area (Å²) in [6, 6.07) is 3.66. The van der Waals surface area contributed by atoms with Gasteiger partial charge in [-0.15, -0.1) is 0 Å². The summed E-state index contributed by atoms with van der Waals surface area (Å²) >= 11 is 0. The molecule has 1 aromatic carbocycles. The number of aromatic hydroxyl groups is 1. The minimum atomic E-state index is 0.303. The largest absolute Gasteiger partial charge is 0.508 e. The average Bonchev–Trinajstić information content (AvgIpc) is 2.11. The smallest absolute Gasteiger partial charge is 0.125 e. The summed E-state index contributed by atoms with van der Waals surface area (Å²) in [6.45, 7) is 4.02. The van der Waals surface area contributed by atoms with E-state index in [0.29, 0.717) is 5.75 Å². The van der Waals surface area contributed by atoms with Gasteiger partial charge in [0.05, 0.1) is 7.11 Å². The molecule has 0 atom stereocenters. The first-order valence-corrected chi connectivity index (χ1v) is 4.55. The highest BCUT2D eigenvalue weighted by atomic mass is 16.5. The molecule has 13 heavy (non-hydrogen) atoms. The number of benzene rings is 1. The van der Waals surface area contributed by atoms with Gasteiger partial charge in [0.25, 0.3) is 0 Å². The summed E-state index contributed by atoms with van der Waals surface area (Å²) in [6.07, 6.45) is 2.07. The predicted molar refractivity (Wildman–Crippen MR) is 53.4 cm³/mol. The SMILES string of the molecule is CCCc1cc(C)c(O)cc1OC. The van der Waals surface area contributed by atoms with E-state index in [1.165, 1.54) is 5.56 Å². The lowest BCUT2D eigenvalue weighted by Gasteiger charge is -2.09. The Labute approximate surface area is 79.2 Å². The van der Waals surface area contributed by atoms with Crippen LogP contribution in [-0.2, 0) is 6.42 Å². The fourth-order valence-electron chi connectivity index (χ4n) is 1.39. The van der Waals surface area contributed by atoms with Crippen LogP contribution >= 0.6 is 0 Å². The summed E-state index contributed by atoms with van der Waals surface area (Å²) in [5, 5.41) is 9.44. The molecule has 0 amide bonds. The summed E-state index contributed by atoms with van der Waals surface area (Å²) in [4.78, 5) is 0. The number of aryl methyl sites for hydroxylation is 2. The number of phenols is 1. The molecule has 2 heteroatoms. The molecule has 0 heterocycles. The van der Waals surface area contributed by atoms with Crippen LogP contribution in [0.15, 0.2) is 12.1 Å². The van der Waals surface area contributed by atoms with Gasteiger partial charge in [-0.3, -0.25) is 0 Å². The number of methoxy groups -OCH3 is 1. The van der Waals surface area contributed by atoms with Crippen molar-refractivity contribution in [3.05, 3.63) is 23.3 Å². The standard InChI is InChI=1S/C11H16O2/c1-4-5-9-6-8(2)10(12)7-11(9)13-3/h6-7,12H,4-5H2,1-3H3. The van der Waals surface area contributed by atoms with E-state index >= 15 is 0 Å². The second kappa shape index (κ2) is 4.17. The van der Waals surface area contributed by atoms with Gasteiger partial charge in [-0.1, -0.05) is 13.3 Å².